The van der Waals surface area contributed by atoms with Gasteiger partial charge in [-0.05, 0) is 31.4 Å². The summed E-state index contributed by atoms with van der Waals surface area (Å²) < 4.78 is 10.7. The average molecular weight is 315 g/mol. The van der Waals surface area contributed by atoms with Crippen LogP contribution in [0.3, 0.4) is 0 Å². The highest BCUT2D eigenvalue weighted by molar-refractivity contribution is 5.88. The number of methoxy groups -OCH3 is 1. The number of nitrogens with one attached hydrogen (secondary N) is 1. The number of hydrogen-bond acceptors (Lipinski definition) is 4. The number of carbonyl (C=O) groups is 1. The molecule has 0 spiro atoms. The smallest absolute Gasteiger partial charge is 0.240 e. The van der Waals surface area contributed by atoms with Crippen molar-refractivity contribution in [1.29, 1.82) is 0 Å². The van der Waals surface area contributed by atoms with Crippen LogP contribution >= 0.6 is 12.4 Å². The van der Waals surface area contributed by atoms with E-state index in [1.165, 1.54) is 0 Å². The molecule has 1 saturated carbocycles. The van der Waals surface area contributed by atoms with Gasteiger partial charge in [0.1, 0.15) is 12.4 Å². The molecule has 3 N–H and O–H groups in total. The zero-order valence-electron chi connectivity index (χ0n) is 12.5. The highest BCUT2D eigenvalue weighted by Crippen LogP contribution is 2.32. The molecule has 2 rings (SSSR count). The molecule has 0 radical (unpaired) electrons. The first kappa shape index (κ1) is 17.8. The molecule has 1 aromatic rings. The minimum Gasteiger partial charge on any atom is -0.491 e. The van der Waals surface area contributed by atoms with Gasteiger partial charge in [-0.15, -0.1) is 12.4 Å². The lowest BCUT2D eigenvalue weighted by atomic mass is 10.1. The lowest BCUT2D eigenvalue weighted by Crippen LogP contribution is -2.42. The summed E-state index contributed by atoms with van der Waals surface area (Å²) in [6.45, 7) is 3.46. The van der Waals surface area contributed by atoms with Crippen LogP contribution in [0.25, 0.3) is 0 Å². The van der Waals surface area contributed by atoms with E-state index in [-0.39, 0.29) is 18.3 Å². The van der Waals surface area contributed by atoms with Gasteiger partial charge in [-0.25, -0.2) is 0 Å². The van der Waals surface area contributed by atoms with Crippen molar-refractivity contribution in [2.24, 2.45) is 5.73 Å². The van der Waals surface area contributed by atoms with Crippen molar-refractivity contribution in [3.05, 3.63) is 29.3 Å². The van der Waals surface area contributed by atoms with Crippen LogP contribution in [0.4, 0.5) is 0 Å². The first-order valence-corrected chi connectivity index (χ1v) is 6.83. The Balaban J connectivity index is 0.00000220. The molecule has 0 atom stereocenters. The largest absolute Gasteiger partial charge is 0.491 e. The van der Waals surface area contributed by atoms with Crippen LogP contribution in [0.5, 0.6) is 5.75 Å². The Hall–Kier alpha value is -1.30. The monoisotopic (exact) mass is 314 g/mol. The molecule has 0 aromatic heterocycles. The molecule has 5 nitrogen and oxygen atoms in total. The zero-order valence-corrected chi connectivity index (χ0v) is 13.3. The molecule has 1 fully saturated rings. The molecule has 0 unspecified atom stereocenters. The third-order valence-electron chi connectivity index (χ3n) is 3.45. The summed E-state index contributed by atoms with van der Waals surface area (Å²) in [4.78, 5) is 11.8. The maximum absolute atomic E-state index is 11.8. The van der Waals surface area contributed by atoms with Gasteiger partial charge >= 0.3 is 0 Å². The highest BCUT2D eigenvalue weighted by atomic mass is 35.5. The quantitative estimate of drug-likeness (QED) is 0.749. The first-order valence-electron chi connectivity index (χ1n) is 6.83. The molecule has 1 amide bonds. The zero-order chi connectivity index (χ0) is 14.6. The fraction of sp³-hybridized carbons (Fsp3) is 0.533. The van der Waals surface area contributed by atoms with Crippen LogP contribution < -0.4 is 15.8 Å². The predicted octanol–water partition coefficient (Wildman–Crippen LogP) is 1.55. The molecule has 0 bridgehead atoms. The Kier molecular flexibility index (Phi) is 6.45. The van der Waals surface area contributed by atoms with E-state index in [1.54, 1.807) is 7.11 Å². The summed E-state index contributed by atoms with van der Waals surface area (Å²) in [5.41, 5.74) is 7.28. The number of hydrogen-bond donors (Lipinski definition) is 2. The maximum atomic E-state index is 11.8. The lowest BCUT2D eigenvalue weighted by molar-refractivity contribution is -0.123. The summed E-state index contributed by atoms with van der Waals surface area (Å²) in [5, 5.41) is 2.88. The summed E-state index contributed by atoms with van der Waals surface area (Å²) in [6, 6.07) is 5.93. The van der Waals surface area contributed by atoms with Crippen molar-refractivity contribution >= 4 is 18.3 Å². The van der Waals surface area contributed by atoms with E-state index in [0.29, 0.717) is 19.8 Å². The predicted molar refractivity (Wildman–Crippen MR) is 83.8 cm³/mol. The van der Waals surface area contributed by atoms with Crippen molar-refractivity contribution in [2.75, 3.05) is 20.3 Å². The van der Waals surface area contributed by atoms with Gasteiger partial charge in [-0.3, -0.25) is 4.79 Å². The van der Waals surface area contributed by atoms with Gasteiger partial charge < -0.3 is 20.5 Å². The van der Waals surface area contributed by atoms with Crippen LogP contribution in [0.15, 0.2) is 18.2 Å². The SMILES string of the molecule is COCCOc1cc(C)ccc1CNC(=O)C1(N)CC1.Cl. The van der Waals surface area contributed by atoms with Crippen LogP contribution in [0, 0.1) is 6.92 Å². The number of halogens is 1. The minimum atomic E-state index is -0.637. The molecule has 1 aliphatic carbocycles. The van der Waals surface area contributed by atoms with Gasteiger partial charge in [0.25, 0.3) is 0 Å². The molecule has 1 aromatic carbocycles. The first-order chi connectivity index (χ1) is 9.55. The van der Waals surface area contributed by atoms with Gasteiger partial charge in [-0.2, -0.15) is 0 Å². The normalized spacial score (nSPS) is 15.0. The lowest BCUT2D eigenvalue weighted by Gasteiger charge is -2.14. The van der Waals surface area contributed by atoms with Crippen LogP contribution in [0.2, 0.25) is 0 Å². The third-order valence-corrected chi connectivity index (χ3v) is 3.45. The second kappa shape index (κ2) is 7.64. The van der Waals surface area contributed by atoms with Gasteiger partial charge in [0.15, 0.2) is 0 Å². The number of nitrogens with two attached hydrogens (primary N) is 1. The molecule has 118 valence electrons. The van der Waals surface area contributed by atoms with E-state index >= 15 is 0 Å². The van der Waals surface area contributed by atoms with Crippen molar-refractivity contribution in [3.63, 3.8) is 0 Å². The van der Waals surface area contributed by atoms with Gasteiger partial charge in [-0.1, -0.05) is 12.1 Å². The van der Waals surface area contributed by atoms with Gasteiger partial charge in [0.2, 0.25) is 5.91 Å². The van der Waals surface area contributed by atoms with E-state index in [1.807, 2.05) is 25.1 Å². The molecule has 0 saturated heterocycles. The Bertz CT molecular complexity index is 490. The summed E-state index contributed by atoms with van der Waals surface area (Å²) >= 11 is 0. The standard InChI is InChI=1S/C15H22N2O3.ClH/c1-11-3-4-12(13(9-11)20-8-7-19-2)10-17-14(18)15(16)5-6-15;/h3-4,9H,5-8,10,16H2,1-2H3,(H,17,18);1H. The van der Waals surface area contributed by atoms with E-state index in [2.05, 4.69) is 5.32 Å². The number of carbonyl (C=O) groups excluding carboxylic acids is 1. The van der Waals surface area contributed by atoms with Crippen LogP contribution in [-0.2, 0) is 16.1 Å². The summed E-state index contributed by atoms with van der Waals surface area (Å²) in [5.74, 6) is 0.699. The topological polar surface area (TPSA) is 73.6 Å². The highest BCUT2D eigenvalue weighted by Gasteiger charge is 2.45. The van der Waals surface area contributed by atoms with Gasteiger partial charge in [0, 0.05) is 19.2 Å². The fourth-order valence-corrected chi connectivity index (χ4v) is 1.89. The van der Waals surface area contributed by atoms with Crippen molar-refractivity contribution in [2.45, 2.75) is 31.8 Å². The maximum Gasteiger partial charge on any atom is 0.240 e. The Morgan fingerprint density at radius 3 is 2.71 bits per heavy atom. The van der Waals surface area contributed by atoms with Crippen molar-refractivity contribution in [1.82, 2.24) is 5.32 Å². The van der Waals surface area contributed by atoms with Crippen molar-refractivity contribution < 1.29 is 14.3 Å². The number of benzene rings is 1. The second-order valence-corrected chi connectivity index (χ2v) is 5.29. The van der Waals surface area contributed by atoms with Gasteiger partial charge in [0.05, 0.1) is 12.1 Å². The molecule has 21 heavy (non-hydrogen) atoms. The molecule has 0 heterocycles. The third kappa shape index (κ3) is 4.88. The fourth-order valence-electron chi connectivity index (χ4n) is 1.89. The molecule has 0 aliphatic heterocycles. The van der Waals surface area contributed by atoms with E-state index < -0.39 is 5.54 Å². The molecule has 6 heteroatoms. The number of rotatable bonds is 7. The second-order valence-electron chi connectivity index (χ2n) is 5.29. The Morgan fingerprint density at radius 2 is 2.10 bits per heavy atom. The Morgan fingerprint density at radius 1 is 1.38 bits per heavy atom. The minimum absolute atomic E-state index is 0. The Labute approximate surface area is 131 Å². The molecular weight excluding hydrogens is 292 g/mol. The molecular formula is C15H23ClN2O3. The average Bonchev–Trinajstić information content (AvgIpc) is 3.17. The van der Waals surface area contributed by atoms with E-state index in [9.17, 15) is 4.79 Å². The van der Waals surface area contributed by atoms with E-state index in [0.717, 1.165) is 29.7 Å². The summed E-state index contributed by atoms with van der Waals surface area (Å²) in [6.07, 6.45) is 1.54. The van der Waals surface area contributed by atoms with Crippen LogP contribution in [0.1, 0.15) is 24.0 Å². The summed E-state index contributed by atoms with van der Waals surface area (Å²) in [7, 11) is 1.64. The number of aryl methyl sites for hydroxylation is 1. The molecule has 1 aliphatic rings. The van der Waals surface area contributed by atoms with Crippen molar-refractivity contribution in [3.8, 4) is 5.75 Å². The van der Waals surface area contributed by atoms with Crippen LogP contribution in [-0.4, -0.2) is 31.8 Å². The number of amides is 1. The number of ether oxygens (including phenoxy) is 2. The van der Waals surface area contributed by atoms with E-state index in [4.69, 9.17) is 15.2 Å².